The van der Waals surface area contributed by atoms with Crippen LogP contribution >= 0.6 is 11.3 Å². The number of ketones is 1. The van der Waals surface area contributed by atoms with Crippen LogP contribution in [0.5, 0.6) is 0 Å². The third-order valence-corrected chi connectivity index (χ3v) is 8.50. The van der Waals surface area contributed by atoms with Gasteiger partial charge in [0.2, 0.25) is 10.0 Å². The van der Waals surface area contributed by atoms with E-state index in [-0.39, 0.29) is 20.9 Å². The fraction of sp³-hybridized carbons (Fsp3) is 0.333. The molecule has 0 atom stereocenters. The van der Waals surface area contributed by atoms with Crippen molar-refractivity contribution in [2.24, 2.45) is 7.05 Å². The van der Waals surface area contributed by atoms with E-state index in [4.69, 9.17) is 4.74 Å². The van der Waals surface area contributed by atoms with E-state index in [1.807, 2.05) is 0 Å². The molecule has 9 nitrogen and oxygen atoms in total. The Bertz CT molecular complexity index is 1370. The standard InChI is InChI=1S/C21H21N3O6S2/c1-13-17-19(22-12-23(2)20(17)26)31-18(13)21(27)30-11-16(25)14-5-7-15(8-6-14)32(28,29)24-9-3-4-10-24/h5-8,12H,3-4,9-11H2,1-2H3. The fourth-order valence-corrected chi connectivity index (χ4v) is 6.12. The van der Waals surface area contributed by atoms with Gasteiger partial charge in [0.25, 0.3) is 5.56 Å². The molecule has 3 aromatic rings. The van der Waals surface area contributed by atoms with E-state index < -0.39 is 28.4 Å². The van der Waals surface area contributed by atoms with Crippen LogP contribution in [0.4, 0.5) is 0 Å². The molecular weight excluding hydrogens is 454 g/mol. The second kappa shape index (κ2) is 8.57. The van der Waals surface area contributed by atoms with Gasteiger partial charge in [0, 0.05) is 25.7 Å². The first-order chi connectivity index (χ1) is 15.2. The summed E-state index contributed by atoms with van der Waals surface area (Å²) in [6, 6.07) is 5.61. The smallest absolute Gasteiger partial charge is 0.349 e. The van der Waals surface area contributed by atoms with E-state index >= 15 is 0 Å². The maximum Gasteiger partial charge on any atom is 0.349 e. The summed E-state index contributed by atoms with van der Waals surface area (Å²) in [6.07, 6.45) is 3.06. The molecule has 0 amide bonds. The van der Waals surface area contributed by atoms with Crippen molar-refractivity contribution in [3.05, 3.63) is 57.0 Å². The first-order valence-corrected chi connectivity index (χ1v) is 12.2. The van der Waals surface area contributed by atoms with E-state index in [2.05, 4.69) is 4.98 Å². The number of hydrogen-bond donors (Lipinski definition) is 0. The predicted molar refractivity (Wildman–Crippen MR) is 119 cm³/mol. The molecule has 0 bridgehead atoms. The van der Waals surface area contributed by atoms with E-state index in [9.17, 15) is 22.8 Å². The molecule has 11 heteroatoms. The van der Waals surface area contributed by atoms with E-state index in [0.717, 1.165) is 24.2 Å². The molecule has 3 heterocycles. The lowest BCUT2D eigenvalue weighted by Gasteiger charge is -2.15. The third-order valence-electron chi connectivity index (χ3n) is 5.41. The SMILES string of the molecule is Cc1c(C(=O)OCC(=O)c2ccc(S(=O)(=O)N3CCCC3)cc2)sc2ncn(C)c(=O)c12. The van der Waals surface area contributed by atoms with Crippen molar-refractivity contribution >= 4 is 43.3 Å². The molecule has 1 aliphatic rings. The van der Waals surface area contributed by atoms with Crippen LogP contribution in [0.15, 0.2) is 40.3 Å². The lowest BCUT2D eigenvalue weighted by Crippen LogP contribution is -2.27. The van der Waals surface area contributed by atoms with Crippen LogP contribution in [0.3, 0.4) is 0 Å². The molecule has 2 aromatic heterocycles. The average molecular weight is 476 g/mol. The molecule has 0 spiro atoms. The Kier molecular flexibility index (Phi) is 5.97. The normalized spacial score (nSPS) is 14.7. The van der Waals surface area contributed by atoms with Gasteiger partial charge < -0.3 is 9.30 Å². The maximum absolute atomic E-state index is 12.6. The minimum atomic E-state index is -3.56. The molecule has 168 valence electrons. The zero-order valence-corrected chi connectivity index (χ0v) is 19.2. The van der Waals surface area contributed by atoms with Crippen molar-refractivity contribution in [1.82, 2.24) is 13.9 Å². The van der Waals surface area contributed by atoms with Crippen LogP contribution in [0.25, 0.3) is 10.2 Å². The molecule has 4 rings (SSSR count). The number of thiophene rings is 1. The van der Waals surface area contributed by atoms with Crippen molar-refractivity contribution in [1.29, 1.82) is 0 Å². The van der Waals surface area contributed by atoms with Crippen LogP contribution in [-0.2, 0) is 21.8 Å². The molecule has 0 saturated carbocycles. The molecule has 1 aromatic carbocycles. The molecule has 1 fully saturated rings. The number of fused-ring (bicyclic) bond motifs is 1. The van der Waals surface area contributed by atoms with Gasteiger partial charge in [0.15, 0.2) is 12.4 Å². The van der Waals surface area contributed by atoms with Gasteiger partial charge in [-0.2, -0.15) is 4.31 Å². The summed E-state index contributed by atoms with van der Waals surface area (Å²) in [5.74, 6) is -1.18. The highest BCUT2D eigenvalue weighted by Gasteiger charge is 2.27. The highest BCUT2D eigenvalue weighted by molar-refractivity contribution is 7.89. The minimum absolute atomic E-state index is 0.128. The van der Waals surface area contributed by atoms with Crippen LogP contribution in [0.1, 0.15) is 38.4 Å². The summed E-state index contributed by atoms with van der Waals surface area (Å²) in [6.45, 7) is 2.13. The topological polar surface area (TPSA) is 116 Å². The van der Waals surface area contributed by atoms with Gasteiger partial charge >= 0.3 is 5.97 Å². The van der Waals surface area contributed by atoms with Crippen molar-refractivity contribution in [3.8, 4) is 0 Å². The monoisotopic (exact) mass is 475 g/mol. The van der Waals surface area contributed by atoms with E-state index in [1.165, 1.54) is 39.5 Å². The number of nitrogens with zero attached hydrogens (tertiary/aromatic N) is 3. The number of carbonyl (C=O) groups excluding carboxylic acids is 2. The average Bonchev–Trinajstić information content (AvgIpc) is 3.44. The first kappa shape index (κ1) is 22.3. The second-order valence-electron chi connectivity index (χ2n) is 7.53. The summed E-state index contributed by atoms with van der Waals surface area (Å²) < 4.78 is 33.1. The number of esters is 1. The van der Waals surface area contributed by atoms with Gasteiger partial charge in [-0.1, -0.05) is 0 Å². The van der Waals surface area contributed by atoms with Crippen LogP contribution in [-0.4, -0.2) is 53.7 Å². The quantitative estimate of drug-likeness (QED) is 0.396. The number of aryl methyl sites for hydroxylation is 2. The number of rotatable bonds is 6. The highest BCUT2D eigenvalue weighted by Crippen LogP contribution is 2.27. The van der Waals surface area contributed by atoms with Crippen molar-refractivity contribution in [3.63, 3.8) is 0 Å². The lowest BCUT2D eigenvalue weighted by atomic mass is 10.1. The van der Waals surface area contributed by atoms with Crippen LogP contribution < -0.4 is 5.56 Å². The number of aromatic nitrogens is 2. The molecule has 32 heavy (non-hydrogen) atoms. The number of benzene rings is 1. The lowest BCUT2D eigenvalue weighted by molar-refractivity contribution is 0.0479. The Hall–Kier alpha value is -2.89. The van der Waals surface area contributed by atoms with E-state index in [0.29, 0.717) is 28.9 Å². The summed E-state index contributed by atoms with van der Waals surface area (Å²) >= 11 is 1.04. The van der Waals surface area contributed by atoms with Gasteiger partial charge in [0.1, 0.15) is 9.71 Å². The number of carbonyl (C=O) groups is 2. The second-order valence-corrected chi connectivity index (χ2v) is 10.5. The van der Waals surface area contributed by atoms with Gasteiger partial charge in [-0.25, -0.2) is 18.2 Å². The largest absolute Gasteiger partial charge is 0.453 e. The number of Topliss-reactive ketones (excluding diaryl/α,β-unsaturated/α-hetero) is 1. The molecule has 1 aliphatic heterocycles. The van der Waals surface area contributed by atoms with Crippen molar-refractivity contribution in [2.45, 2.75) is 24.7 Å². The van der Waals surface area contributed by atoms with Crippen LogP contribution in [0.2, 0.25) is 0 Å². The van der Waals surface area contributed by atoms with Crippen LogP contribution in [0, 0.1) is 6.92 Å². The van der Waals surface area contributed by atoms with Gasteiger partial charge in [-0.05, 0) is 49.6 Å². The Morgan fingerprint density at radius 2 is 1.81 bits per heavy atom. The molecule has 1 saturated heterocycles. The minimum Gasteiger partial charge on any atom is -0.453 e. The third kappa shape index (κ3) is 3.98. The maximum atomic E-state index is 12.6. The fourth-order valence-electron chi connectivity index (χ4n) is 3.57. The molecular formula is C21H21N3O6S2. The Labute approximate surface area is 188 Å². The Balaban J connectivity index is 1.45. The summed E-state index contributed by atoms with van der Waals surface area (Å²) in [5.41, 5.74) is 0.442. The molecule has 0 unspecified atom stereocenters. The first-order valence-electron chi connectivity index (χ1n) is 9.95. The van der Waals surface area contributed by atoms with Crippen molar-refractivity contribution < 1.29 is 22.7 Å². The molecule has 0 radical (unpaired) electrons. The zero-order chi connectivity index (χ0) is 23.0. The highest BCUT2D eigenvalue weighted by atomic mass is 32.2. The Morgan fingerprint density at radius 3 is 2.47 bits per heavy atom. The van der Waals surface area contributed by atoms with Gasteiger partial charge in [-0.15, -0.1) is 11.3 Å². The van der Waals surface area contributed by atoms with Crippen molar-refractivity contribution in [2.75, 3.05) is 19.7 Å². The molecule has 0 N–H and O–H groups in total. The number of sulfonamides is 1. The summed E-state index contributed by atoms with van der Waals surface area (Å²) in [7, 11) is -1.99. The summed E-state index contributed by atoms with van der Waals surface area (Å²) in [5, 5.41) is 0.355. The zero-order valence-electron chi connectivity index (χ0n) is 17.5. The Morgan fingerprint density at radius 1 is 1.16 bits per heavy atom. The summed E-state index contributed by atoms with van der Waals surface area (Å²) in [4.78, 5) is 42.2. The molecule has 0 aliphatic carbocycles. The predicted octanol–water partition coefficient (Wildman–Crippen LogP) is 2.13. The van der Waals surface area contributed by atoms with Gasteiger partial charge in [0.05, 0.1) is 16.6 Å². The van der Waals surface area contributed by atoms with Gasteiger partial charge in [-0.3, -0.25) is 9.59 Å². The van der Waals surface area contributed by atoms with E-state index in [1.54, 1.807) is 14.0 Å². The number of ether oxygens (including phenoxy) is 1. The number of hydrogen-bond acceptors (Lipinski definition) is 8.